The lowest BCUT2D eigenvalue weighted by atomic mass is 10.0. The molecule has 0 bridgehead atoms. The van der Waals surface area contributed by atoms with Crippen molar-refractivity contribution in [3.8, 4) is 11.1 Å². The van der Waals surface area contributed by atoms with E-state index in [0.717, 1.165) is 16.8 Å². The van der Waals surface area contributed by atoms with E-state index in [2.05, 4.69) is 10.2 Å². The molecule has 0 radical (unpaired) electrons. The molecule has 0 fully saturated rings. The first-order valence-electron chi connectivity index (χ1n) is 5.37. The molecule has 2 aromatic rings. The summed E-state index contributed by atoms with van der Waals surface area (Å²) in [5, 5.41) is 8.28. The highest BCUT2D eigenvalue weighted by atomic mass is 35.5. The molecule has 2 nitrogen and oxygen atoms in total. The van der Waals surface area contributed by atoms with Crippen molar-refractivity contribution in [1.29, 1.82) is 0 Å². The first-order valence-corrected chi connectivity index (χ1v) is 5.75. The van der Waals surface area contributed by atoms with Crippen LogP contribution >= 0.6 is 11.6 Å². The van der Waals surface area contributed by atoms with Crippen molar-refractivity contribution < 1.29 is 4.39 Å². The summed E-state index contributed by atoms with van der Waals surface area (Å²) in [5.41, 5.74) is 2.49. The van der Waals surface area contributed by atoms with E-state index in [1.165, 1.54) is 12.1 Å². The summed E-state index contributed by atoms with van der Waals surface area (Å²) in [4.78, 5) is 0. The third-order valence-corrected chi connectivity index (χ3v) is 2.79. The van der Waals surface area contributed by atoms with Gasteiger partial charge in [0, 0.05) is 5.56 Å². The second kappa shape index (κ2) is 4.80. The Kier molecular flexibility index (Phi) is 3.38. The minimum Gasteiger partial charge on any atom is -0.207 e. The Bertz CT molecular complexity index is 523. The normalized spacial score (nSPS) is 10.9. The number of halogens is 2. The Morgan fingerprint density at radius 2 is 1.76 bits per heavy atom. The predicted octanol–water partition coefficient (Wildman–Crippen LogP) is 4.06. The first-order chi connectivity index (χ1) is 8.08. The number of hydrogen-bond acceptors (Lipinski definition) is 2. The van der Waals surface area contributed by atoms with Crippen LogP contribution in [0.4, 0.5) is 4.39 Å². The van der Waals surface area contributed by atoms with Crippen molar-refractivity contribution in [2.75, 3.05) is 0 Å². The number of aromatic nitrogens is 2. The van der Waals surface area contributed by atoms with E-state index in [4.69, 9.17) is 11.6 Å². The molecule has 17 heavy (non-hydrogen) atoms. The highest BCUT2D eigenvalue weighted by Gasteiger charge is 2.09. The van der Waals surface area contributed by atoms with Crippen molar-refractivity contribution in [1.82, 2.24) is 10.2 Å². The van der Waals surface area contributed by atoms with Crippen LogP contribution in [0.25, 0.3) is 11.1 Å². The molecule has 0 aliphatic carbocycles. The lowest BCUT2D eigenvalue weighted by Gasteiger charge is -2.08. The number of benzene rings is 1. The molecule has 1 heterocycles. The molecule has 1 aromatic heterocycles. The molecule has 0 unspecified atom stereocenters. The number of hydrogen-bond donors (Lipinski definition) is 0. The van der Waals surface area contributed by atoms with Crippen LogP contribution in [0.3, 0.4) is 0 Å². The summed E-state index contributed by atoms with van der Waals surface area (Å²) in [6.07, 6.45) is 0. The van der Waals surface area contributed by atoms with Gasteiger partial charge in [-0.15, -0.1) is 5.10 Å². The molecule has 0 saturated carbocycles. The summed E-state index contributed by atoms with van der Waals surface area (Å²) >= 11 is 6.01. The molecule has 0 aliphatic heterocycles. The second-order valence-corrected chi connectivity index (χ2v) is 4.49. The van der Waals surface area contributed by atoms with Gasteiger partial charge in [0.1, 0.15) is 5.82 Å². The van der Waals surface area contributed by atoms with Crippen molar-refractivity contribution >= 4 is 11.6 Å². The summed E-state index contributed by atoms with van der Waals surface area (Å²) in [7, 11) is 0. The van der Waals surface area contributed by atoms with E-state index in [9.17, 15) is 4.39 Å². The zero-order valence-electron chi connectivity index (χ0n) is 9.61. The molecule has 0 N–H and O–H groups in total. The largest absolute Gasteiger partial charge is 0.207 e. The van der Waals surface area contributed by atoms with Crippen molar-refractivity contribution in [3.05, 3.63) is 47.0 Å². The molecule has 0 spiro atoms. The first kappa shape index (κ1) is 12.0. The van der Waals surface area contributed by atoms with Crippen LogP contribution in [0.5, 0.6) is 0 Å². The van der Waals surface area contributed by atoms with Gasteiger partial charge in [-0.05, 0) is 29.7 Å². The van der Waals surface area contributed by atoms with Gasteiger partial charge in [-0.3, -0.25) is 0 Å². The monoisotopic (exact) mass is 250 g/mol. The Morgan fingerprint density at radius 1 is 1.12 bits per heavy atom. The maximum atomic E-state index is 12.8. The van der Waals surface area contributed by atoms with Gasteiger partial charge >= 0.3 is 0 Å². The van der Waals surface area contributed by atoms with Crippen LogP contribution in [0.15, 0.2) is 30.3 Å². The topological polar surface area (TPSA) is 25.8 Å². The van der Waals surface area contributed by atoms with Gasteiger partial charge in [0.05, 0.1) is 5.69 Å². The molecule has 4 heteroatoms. The maximum absolute atomic E-state index is 12.8. The van der Waals surface area contributed by atoms with Crippen LogP contribution in [0.2, 0.25) is 5.15 Å². The quantitative estimate of drug-likeness (QED) is 0.803. The molecule has 88 valence electrons. The van der Waals surface area contributed by atoms with Crippen molar-refractivity contribution in [2.24, 2.45) is 0 Å². The fourth-order valence-electron chi connectivity index (χ4n) is 1.51. The van der Waals surface area contributed by atoms with Gasteiger partial charge in [0.25, 0.3) is 0 Å². The molecule has 0 amide bonds. The van der Waals surface area contributed by atoms with Crippen LogP contribution in [0.1, 0.15) is 25.5 Å². The molecule has 0 atom stereocenters. The second-order valence-electron chi connectivity index (χ2n) is 4.14. The average molecular weight is 251 g/mol. The van der Waals surface area contributed by atoms with E-state index >= 15 is 0 Å². The Morgan fingerprint density at radius 3 is 2.35 bits per heavy atom. The molecule has 2 rings (SSSR count). The average Bonchev–Trinajstić information content (AvgIpc) is 2.31. The summed E-state index contributed by atoms with van der Waals surface area (Å²) in [6.45, 7) is 4.07. The Labute approximate surface area is 104 Å². The maximum Gasteiger partial charge on any atom is 0.159 e. The van der Waals surface area contributed by atoms with Crippen molar-refractivity contribution in [3.63, 3.8) is 0 Å². The van der Waals surface area contributed by atoms with Gasteiger partial charge in [0.2, 0.25) is 0 Å². The number of nitrogens with zero attached hydrogens (tertiary/aromatic N) is 2. The summed E-state index contributed by atoms with van der Waals surface area (Å²) < 4.78 is 12.8. The Balaban J connectivity index is 2.50. The van der Waals surface area contributed by atoms with Gasteiger partial charge in [-0.1, -0.05) is 37.6 Å². The fraction of sp³-hybridized carbons (Fsp3) is 0.231. The van der Waals surface area contributed by atoms with Gasteiger partial charge in [-0.25, -0.2) is 4.39 Å². The van der Waals surface area contributed by atoms with Crippen LogP contribution in [-0.4, -0.2) is 10.2 Å². The Hall–Kier alpha value is -1.48. The summed E-state index contributed by atoms with van der Waals surface area (Å²) in [6, 6.07) is 8.07. The molecular weight excluding hydrogens is 239 g/mol. The fourth-order valence-corrected chi connectivity index (χ4v) is 1.71. The van der Waals surface area contributed by atoms with E-state index in [0.29, 0.717) is 5.15 Å². The third kappa shape index (κ3) is 2.61. The third-order valence-electron chi connectivity index (χ3n) is 2.51. The lowest BCUT2D eigenvalue weighted by molar-refractivity contribution is 0.628. The summed E-state index contributed by atoms with van der Waals surface area (Å²) in [5.74, 6) is 0.00920. The zero-order valence-corrected chi connectivity index (χ0v) is 10.4. The SMILES string of the molecule is CC(C)c1cc(-c2ccc(F)cc2)c(Cl)nn1. The number of rotatable bonds is 2. The van der Waals surface area contributed by atoms with Crippen LogP contribution in [0, 0.1) is 5.82 Å². The molecule has 0 aliphatic rings. The van der Waals surface area contributed by atoms with Gasteiger partial charge < -0.3 is 0 Å². The molecule has 1 aromatic carbocycles. The van der Waals surface area contributed by atoms with E-state index in [1.807, 2.05) is 19.9 Å². The zero-order chi connectivity index (χ0) is 12.4. The van der Waals surface area contributed by atoms with Crippen LogP contribution < -0.4 is 0 Å². The van der Waals surface area contributed by atoms with Gasteiger partial charge in [-0.2, -0.15) is 5.10 Å². The minimum absolute atomic E-state index is 0.268. The van der Waals surface area contributed by atoms with Crippen LogP contribution in [-0.2, 0) is 0 Å². The lowest BCUT2D eigenvalue weighted by Crippen LogP contribution is -1.97. The highest BCUT2D eigenvalue weighted by molar-refractivity contribution is 6.32. The van der Waals surface area contributed by atoms with E-state index < -0.39 is 0 Å². The predicted molar refractivity (Wildman–Crippen MR) is 66.5 cm³/mol. The van der Waals surface area contributed by atoms with Crippen molar-refractivity contribution in [2.45, 2.75) is 19.8 Å². The van der Waals surface area contributed by atoms with E-state index in [1.54, 1.807) is 12.1 Å². The molecular formula is C13H12ClFN2. The highest BCUT2D eigenvalue weighted by Crippen LogP contribution is 2.28. The smallest absolute Gasteiger partial charge is 0.159 e. The standard InChI is InChI=1S/C13H12ClFN2/c1-8(2)12-7-11(13(14)17-16-12)9-3-5-10(15)6-4-9/h3-8H,1-2H3. The minimum atomic E-state index is -0.268. The molecule has 0 saturated heterocycles. The van der Waals surface area contributed by atoms with Gasteiger partial charge in [0.15, 0.2) is 5.15 Å². The van der Waals surface area contributed by atoms with E-state index in [-0.39, 0.29) is 11.7 Å².